The normalized spacial score (nSPS) is 18.3. The molecule has 1 aliphatic heterocycles. The van der Waals surface area contributed by atoms with Crippen LogP contribution in [0.5, 0.6) is 0 Å². The van der Waals surface area contributed by atoms with Gasteiger partial charge in [0.25, 0.3) is 0 Å². The van der Waals surface area contributed by atoms with Gasteiger partial charge in [0.05, 0.1) is 19.8 Å². The Balaban J connectivity index is 1.80. The minimum absolute atomic E-state index is 0.384. The highest BCUT2D eigenvalue weighted by Gasteiger charge is 2.31. The monoisotopic (exact) mass is 278 g/mol. The summed E-state index contributed by atoms with van der Waals surface area (Å²) in [4.78, 5) is 0. The zero-order chi connectivity index (χ0) is 13.1. The third kappa shape index (κ3) is 7.52. The minimum atomic E-state index is -3.14. The van der Waals surface area contributed by atoms with E-state index in [0.717, 1.165) is 12.8 Å². The van der Waals surface area contributed by atoms with E-state index in [1.807, 2.05) is 0 Å². The van der Waals surface area contributed by atoms with E-state index < -0.39 is 7.82 Å². The van der Waals surface area contributed by atoms with Crippen LogP contribution in [0.2, 0.25) is 0 Å². The van der Waals surface area contributed by atoms with Crippen molar-refractivity contribution in [2.45, 2.75) is 64.7 Å². The van der Waals surface area contributed by atoms with Crippen molar-refractivity contribution in [3.05, 3.63) is 0 Å². The summed E-state index contributed by atoms with van der Waals surface area (Å²) in [6.45, 7) is 3.49. The zero-order valence-electron chi connectivity index (χ0n) is 11.6. The van der Waals surface area contributed by atoms with Gasteiger partial charge in [-0.25, -0.2) is 4.57 Å². The summed E-state index contributed by atoms with van der Waals surface area (Å²) in [5, 5.41) is 0. The SMILES string of the molecule is CCCCCCCCCCCOP1(=O)OCCO1. The molecule has 0 saturated carbocycles. The van der Waals surface area contributed by atoms with E-state index in [2.05, 4.69) is 6.92 Å². The fourth-order valence-electron chi connectivity index (χ4n) is 2.00. The molecule has 0 atom stereocenters. The van der Waals surface area contributed by atoms with Crippen LogP contribution in [0.4, 0.5) is 0 Å². The molecule has 0 aliphatic carbocycles. The molecule has 4 nitrogen and oxygen atoms in total. The molecule has 0 aromatic rings. The third-order valence-electron chi connectivity index (χ3n) is 3.08. The summed E-state index contributed by atoms with van der Waals surface area (Å²) in [5.74, 6) is 0. The summed E-state index contributed by atoms with van der Waals surface area (Å²) in [5.41, 5.74) is 0. The van der Waals surface area contributed by atoms with Gasteiger partial charge < -0.3 is 0 Å². The predicted molar refractivity (Wildman–Crippen MR) is 72.7 cm³/mol. The van der Waals surface area contributed by atoms with Crippen molar-refractivity contribution in [2.24, 2.45) is 0 Å². The lowest BCUT2D eigenvalue weighted by Crippen LogP contribution is -1.93. The van der Waals surface area contributed by atoms with Crippen LogP contribution >= 0.6 is 7.82 Å². The van der Waals surface area contributed by atoms with Crippen LogP contribution in [0.1, 0.15) is 64.7 Å². The Labute approximate surface area is 111 Å². The van der Waals surface area contributed by atoms with Gasteiger partial charge in [0.1, 0.15) is 0 Å². The molecule has 108 valence electrons. The van der Waals surface area contributed by atoms with Crippen LogP contribution in [-0.4, -0.2) is 19.8 Å². The van der Waals surface area contributed by atoms with Crippen LogP contribution in [0.15, 0.2) is 0 Å². The number of phosphoric acid groups is 1. The minimum Gasteiger partial charge on any atom is -0.287 e. The van der Waals surface area contributed by atoms with Gasteiger partial charge in [-0.05, 0) is 6.42 Å². The maximum atomic E-state index is 11.6. The van der Waals surface area contributed by atoms with E-state index in [-0.39, 0.29) is 0 Å². The first-order valence-electron chi connectivity index (χ1n) is 7.30. The third-order valence-corrected chi connectivity index (χ3v) is 4.58. The molecular weight excluding hydrogens is 251 g/mol. The van der Waals surface area contributed by atoms with Crippen LogP contribution in [0, 0.1) is 0 Å². The first-order chi connectivity index (χ1) is 8.77. The highest BCUT2D eigenvalue weighted by molar-refractivity contribution is 7.48. The number of rotatable bonds is 11. The van der Waals surface area contributed by atoms with Crippen LogP contribution in [-0.2, 0) is 18.1 Å². The van der Waals surface area contributed by atoms with Gasteiger partial charge in [-0.2, -0.15) is 0 Å². The van der Waals surface area contributed by atoms with Gasteiger partial charge in [-0.1, -0.05) is 58.3 Å². The average molecular weight is 278 g/mol. The molecule has 0 N–H and O–H groups in total. The maximum absolute atomic E-state index is 11.6. The molecule has 0 spiro atoms. The van der Waals surface area contributed by atoms with Crippen molar-refractivity contribution < 1.29 is 18.1 Å². The quantitative estimate of drug-likeness (QED) is 0.406. The van der Waals surface area contributed by atoms with Gasteiger partial charge in [0.2, 0.25) is 0 Å². The highest BCUT2D eigenvalue weighted by atomic mass is 31.2. The first kappa shape index (κ1) is 16.2. The van der Waals surface area contributed by atoms with Gasteiger partial charge in [0.15, 0.2) is 0 Å². The summed E-state index contributed by atoms with van der Waals surface area (Å²) in [7, 11) is -3.14. The maximum Gasteiger partial charge on any atom is 0.474 e. The molecule has 1 saturated heterocycles. The Morgan fingerprint density at radius 1 is 0.889 bits per heavy atom. The molecular formula is C13H27O4P. The number of hydrogen-bond acceptors (Lipinski definition) is 4. The Kier molecular flexibility index (Phi) is 8.95. The Morgan fingerprint density at radius 2 is 1.39 bits per heavy atom. The summed E-state index contributed by atoms with van der Waals surface area (Å²) in [6.07, 6.45) is 11.4. The van der Waals surface area contributed by atoms with E-state index in [0.29, 0.717) is 19.8 Å². The van der Waals surface area contributed by atoms with Crippen LogP contribution < -0.4 is 0 Å². The van der Waals surface area contributed by atoms with Crippen molar-refractivity contribution in [1.29, 1.82) is 0 Å². The van der Waals surface area contributed by atoms with E-state index in [4.69, 9.17) is 13.6 Å². The van der Waals surface area contributed by atoms with Gasteiger partial charge in [-0.15, -0.1) is 0 Å². The molecule has 1 rings (SSSR count). The van der Waals surface area contributed by atoms with E-state index >= 15 is 0 Å². The average Bonchev–Trinajstić information content (AvgIpc) is 2.79. The molecule has 5 heteroatoms. The molecule has 0 aromatic heterocycles. The van der Waals surface area contributed by atoms with Gasteiger partial charge >= 0.3 is 7.82 Å². The second-order valence-electron chi connectivity index (χ2n) is 4.78. The van der Waals surface area contributed by atoms with Crippen LogP contribution in [0.25, 0.3) is 0 Å². The van der Waals surface area contributed by atoms with Crippen molar-refractivity contribution in [3.8, 4) is 0 Å². The zero-order valence-corrected chi connectivity index (χ0v) is 12.5. The molecule has 1 heterocycles. The lowest BCUT2D eigenvalue weighted by atomic mass is 10.1. The summed E-state index contributed by atoms with van der Waals surface area (Å²) in [6, 6.07) is 0. The van der Waals surface area contributed by atoms with Crippen molar-refractivity contribution in [1.82, 2.24) is 0 Å². The lowest BCUT2D eigenvalue weighted by Gasteiger charge is -2.09. The molecule has 0 bridgehead atoms. The Hall–Kier alpha value is 0.110. The van der Waals surface area contributed by atoms with Crippen molar-refractivity contribution in [3.63, 3.8) is 0 Å². The molecule has 1 aliphatic rings. The molecule has 18 heavy (non-hydrogen) atoms. The lowest BCUT2D eigenvalue weighted by molar-refractivity contribution is 0.187. The van der Waals surface area contributed by atoms with E-state index in [1.165, 1.54) is 44.9 Å². The highest BCUT2D eigenvalue weighted by Crippen LogP contribution is 2.52. The molecule has 0 amide bonds. The fourth-order valence-corrected chi connectivity index (χ4v) is 3.17. The summed E-state index contributed by atoms with van der Waals surface area (Å²) < 4.78 is 26.6. The summed E-state index contributed by atoms with van der Waals surface area (Å²) >= 11 is 0. The smallest absolute Gasteiger partial charge is 0.287 e. The molecule has 1 fully saturated rings. The number of phosphoric ester groups is 1. The largest absolute Gasteiger partial charge is 0.474 e. The topological polar surface area (TPSA) is 44.8 Å². The Bertz CT molecular complexity index is 235. The number of unbranched alkanes of at least 4 members (excludes halogenated alkanes) is 8. The van der Waals surface area contributed by atoms with Crippen LogP contribution in [0.3, 0.4) is 0 Å². The number of hydrogen-bond donors (Lipinski definition) is 0. The first-order valence-corrected chi connectivity index (χ1v) is 8.76. The fraction of sp³-hybridized carbons (Fsp3) is 1.00. The van der Waals surface area contributed by atoms with Gasteiger partial charge in [0, 0.05) is 0 Å². The van der Waals surface area contributed by atoms with Crippen molar-refractivity contribution >= 4 is 7.82 Å². The second-order valence-corrected chi connectivity index (χ2v) is 6.44. The molecule has 0 radical (unpaired) electrons. The molecule has 0 aromatic carbocycles. The van der Waals surface area contributed by atoms with E-state index in [9.17, 15) is 4.57 Å². The van der Waals surface area contributed by atoms with Gasteiger partial charge in [-0.3, -0.25) is 13.6 Å². The van der Waals surface area contributed by atoms with Crippen molar-refractivity contribution in [2.75, 3.05) is 19.8 Å². The second kappa shape index (κ2) is 9.96. The molecule has 0 unspecified atom stereocenters. The Morgan fingerprint density at radius 3 is 1.94 bits per heavy atom. The standard InChI is InChI=1S/C13H27O4P/c1-2-3-4-5-6-7-8-9-10-11-15-18(14)16-12-13-17-18/h2-13H2,1H3. The predicted octanol–water partition coefficient (Wildman–Crippen LogP) is 4.69. The van der Waals surface area contributed by atoms with E-state index in [1.54, 1.807) is 0 Å².